The fraction of sp³-hybridized carbons (Fsp3) is 0.385. The van der Waals surface area contributed by atoms with Crippen LogP contribution in [0.3, 0.4) is 0 Å². The van der Waals surface area contributed by atoms with E-state index in [-0.39, 0.29) is 6.04 Å². The molecule has 1 unspecified atom stereocenters. The predicted octanol–water partition coefficient (Wildman–Crippen LogP) is 1.82. The van der Waals surface area contributed by atoms with Gasteiger partial charge in [-0.25, -0.2) is 4.98 Å². The summed E-state index contributed by atoms with van der Waals surface area (Å²) in [6.07, 6.45) is 1.59. The van der Waals surface area contributed by atoms with E-state index in [1.54, 1.807) is 6.33 Å². The molecule has 0 aliphatic rings. The molecule has 1 aromatic carbocycles. The number of benzene rings is 1. The third-order valence-corrected chi connectivity index (χ3v) is 2.82. The molecule has 0 fully saturated rings. The first kappa shape index (κ1) is 11.8. The third-order valence-electron chi connectivity index (χ3n) is 2.82. The van der Waals surface area contributed by atoms with E-state index in [9.17, 15) is 0 Å². The van der Waals surface area contributed by atoms with Gasteiger partial charge in [-0.2, -0.15) is 5.10 Å². The van der Waals surface area contributed by atoms with Crippen molar-refractivity contribution in [3.63, 3.8) is 0 Å². The van der Waals surface area contributed by atoms with Crippen LogP contribution in [0, 0.1) is 6.92 Å². The average molecular weight is 230 g/mol. The Morgan fingerprint density at radius 1 is 1.29 bits per heavy atom. The summed E-state index contributed by atoms with van der Waals surface area (Å²) in [5, 5.41) is 7.57. The van der Waals surface area contributed by atoms with Gasteiger partial charge in [0.25, 0.3) is 0 Å². The molecule has 0 bridgehead atoms. The normalized spacial score (nSPS) is 12.6. The largest absolute Gasteiger partial charge is 0.304 e. The number of rotatable bonds is 4. The predicted molar refractivity (Wildman–Crippen MR) is 67.7 cm³/mol. The topological polar surface area (TPSA) is 42.7 Å². The van der Waals surface area contributed by atoms with Crippen molar-refractivity contribution in [3.05, 3.63) is 47.5 Å². The van der Waals surface area contributed by atoms with Crippen molar-refractivity contribution >= 4 is 0 Å². The van der Waals surface area contributed by atoms with Crippen LogP contribution in [0.4, 0.5) is 0 Å². The fourth-order valence-electron chi connectivity index (χ4n) is 1.89. The fourth-order valence-corrected chi connectivity index (χ4v) is 1.89. The maximum atomic E-state index is 4.32. The van der Waals surface area contributed by atoms with Crippen molar-refractivity contribution in [2.24, 2.45) is 7.05 Å². The summed E-state index contributed by atoms with van der Waals surface area (Å²) in [5.41, 5.74) is 2.48. The average Bonchev–Trinajstić information content (AvgIpc) is 2.74. The minimum absolute atomic E-state index is 0.105. The van der Waals surface area contributed by atoms with Gasteiger partial charge in [-0.1, -0.05) is 36.8 Å². The van der Waals surface area contributed by atoms with Crippen LogP contribution in [-0.2, 0) is 7.05 Å². The molecule has 1 atom stereocenters. The van der Waals surface area contributed by atoms with Crippen molar-refractivity contribution in [3.8, 4) is 0 Å². The zero-order valence-corrected chi connectivity index (χ0v) is 10.5. The van der Waals surface area contributed by atoms with Gasteiger partial charge in [0.2, 0.25) is 0 Å². The molecule has 4 heteroatoms. The molecule has 1 aromatic heterocycles. The van der Waals surface area contributed by atoms with Gasteiger partial charge in [0.1, 0.15) is 12.2 Å². The van der Waals surface area contributed by atoms with E-state index < -0.39 is 0 Å². The van der Waals surface area contributed by atoms with Crippen molar-refractivity contribution in [2.75, 3.05) is 6.54 Å². The van der Waals surface area contributed by atoms with Crippen LogP contribution in [0.5, 0.6) is 0 Å². The summed E-state index contributed by atoms with van der Waals surface area (Å²) in [7, 11) is 1.92. The molecular weight excluding hydrogens is 212 g/mol. The van der Waals surface area contributed by atoms with Crippen molar-refractivity contribution < 1.29 is 0 Å². The Morgan fingerprint density at radius 2 is 2.00 bits per heavy atom. The Labute approximate surface area is 102 Å². The van der Waals surface area contributed by atoms with Gasteiger partial charge in [-0.3, -0.25) is 4.68 Å². The van der Waals surface area contributed by atoms with Crippen LogP contribution in [0.15, 0.2) is 30.6 Å². The minimum atomic E-state index is 0.105. The van der Waals surface area contributed by atoms with Crippen LogP contribution < -0.4 is 5.32 Å². The molecule has 0 radical (unpaired) electrons. The standard InChI is InChI=1S/C13H18N4/c1-4-14-12(13-15-9-16-17(13)3)11-7-5-10(2)6-8-11/h5-9,12,14H,4H2,1-3H3. The molecule has 0 spiro atoms. The number of nitrogens with one attached hydrogen (secondary N) is 1. The lowest BCUT2D eigenvalue weighted by Crippen LogP contribution is -2.25. The highest BCUT2D eigenvalue weighted by Gasteiger charge is 2.17. The van der Waals surface area contributed by atoms with Gasteiger partial charge in [0.05, 0.1) is 6.04 Å². The lowest BCUT2D eigenvalue weighted by atomic mass is 10.0. The van der Waals surface area contributed by atoms with Crippen LogP contribution in [-0.4, -0.2) is 21.3 Å². The van der Waals surface area contributed by atoms with E-state index in [4.69, 9.17) is 0 Å². The second-order valence-electron chi connectivity index (χ2n) is 4.14. The van der Waals surface area contributed by atoms with Crippen LogP contribution in [0.2, 0.25) is 0 Å². The molecule has 0 amide bonds. The van der Waals surface area contributed by atoms with Gasteiger partial charge in [0.15, 0.2) is 0 Å². The maximum Gasteiger partial charge on any atom is 0.148 e. The summed E-state index contributed by atoms with van der Waals surface area (Å²) in [6.45, 7) is 5.08. The van der Waals surface area contributed by atoms with E-state index in [2.05, 4.69) is 53.5 Å². The molecule has 0 saturated heterocycles. The van der Waals surface area contributed by atoms with Gasteiger partial charge in [-0.05, 0) is 19.0 Å². The van der Waals surface area contributed by atoms with Crippen LogP contribution >= 0.6 is 0 Å². The molecule has 0 saturated carbocycles. The number of hydrogen-bond acceptors (Lipinski definition) is 3. The summed E-state index contributed by atoms with van der Waals surface area (Å²) < 4.78 is 1.81. The lowest BCUT2D eigenvalue weighted by Gasteiger charge is -2.17. The molecule has 0 aliphatic heterocycles. The van der Waals surface area contributed by atoms with Gasteiger partial charge in [0, 0.05) is 7.05 Å². The second kappa shape index (κ2) is 5.10. The molecule has 4 nitrogen and oxygen atoms in total. The summed E-state index contributed by atoms with van der Waals surface area (Å²) in [4.78, 5) is 4.32. The molecule has 1 N–H and O–H groups in total. The number of hydrogen-bond donors (Lipinski definition) is 1. The van der Waals surface area contributed by atoms with Gasteiger partial charge >= 0.3 is 0 Å². The highest BCUT2D eigenvalue weighted by molar-refractivity contribution is 5.28. The molecule has 2 aromatic rings. The second-order valence-corrected chi connectivity index (χ2v) is 4.14. The Bertz CT molecular complexity index is 472. The smallest absolute Gasteiger partial charge is 0.148 e. The summed E-state index contributed by atoms with van der Waals surface area (Å²) in [5.74, 6) is 0.940. The SMILES string of the molecule is CCNC(c1ccc(C)cc1)c1ncnn1C. The van der Waals surface area contributed by atoms with E-state index >= 15 is 0 Å². The van der Waals surface area contributed by atoms with Gasteiger partial charge in [-0.15, -0.1) is 0 Å². The Balaban J connectivity index is 2.35. The van der Waals surface area contributed by atoms with E-state index in [1.807, 2.05) is 11.7 Å². The summed E-state index contributed by atoms with van der Waals surface area (Å²) in [6, 6.07) is 8.62. The van der Waals surface area contributed by atoms with Crippen LogP contribution in [0.25, 0.3) is 0 Å². The monoisotopic (exact) mass is 230 g/mol. The first-order chi connectivity index (χ1) is 8.22. The van der Waals surface area contributed by atoms with E-state index in [0.29, 0.717) is 0 Å². The first-order valence-corrected chi connectivity index (χ1v) is 5.86. The first-order valence-electron chi connectivity index (χ1n) is 5.86. The minimum Gasteiger partial charge on any atom is -0.304 e. The molecule has 17 heavy (non-hydrogen) atoms. The highest BCUT2D eigenvalue weighted by atomic mass is 15.3. The van der Waals surface area contributed by atoms with Crippen molar-refractivity contribution in [2.45, 2.75) is 19.9 Å². The number of aromatic nitrogens is 3. The Kier molecular flexibility index (Phi) is 3.54. The molecule has 1 heterocycles. The molecule has 90 valence electrons. The third kappa shape index (κ3) is 2.53. The zero-order chi connectivity index (χ0) is 12.3. The maximum absolute atomic E-state index is 4.32. The molecule has 0 aliphatic carbocycles. The highest BCUT2D eigenvalue weighted by Crippen LogP contribution is 2.19. The molecule has 2 rings (SSSR count). The number of aryl methyl sites for hydroxylation is 2. The number of nitrogens with zero attached hydrogens (tertiary/aromatic N) is 3. The Morgan fingerprint density at radius 3 is 2.53 bits per heavy atom. The zero-order valence-electron chi connectivity index (χ0n) is 10.5. The van der Waals surface area contributed by atoms with Gasteiger partial charge < -0.3 is 5.32 Å². The molecular formula is C13H18N4. The summed E-state index contributed by atoms with van der Waals surface area (Å²) >= 11 is 0. The van der Waals surface area contributed by atoms with E-state index in [0.717, 1.165) is 12.4 Å². The van der Waals surface area contributed by atoms with E-state index in [1.165, 1.54) is 11.1 Å². The quantitative estimate of drug-likeness (QED) is 0.871. The lowest BCUT2D eigenvalue weighted by molar-refractivity contribution is 0.559. The van der Waals surface area contributed by atoms with Crippen molar-refractivity contribution in [1.29, 1.82) is 0 Å². The van der Waals surface area contributed by atoms with Crippen LogP contribution in [0.1, 0.15) is 29.9 Å². The Hall–Kier alpha value is -1.68. The van der Waals surface area contributed by atoms with Crippen molar-refractivity contribution in [1.82, 2.24) is 20.1 Å².